The second-order valence-corrected chi connectivity index (χ2v) is 5.17. The lowest BCUT2D eigenvalue weighted by Gasteiger charge is -2.24. The van der Waals surface area contributed by atoms with Gasteiger partial charge >= 0.3 is 0 Å². The van der Waals surface area contributed by atoms with Crippen LogP contribution in [-0.4, -0.2) is 41.6 Å². The topological polar surface area (TPSA) is 93.4 Å². The van der Waals surface area contributed by atoms with Crippen LogP contribution in [0, 0.1) is 10.1 Å². The number of benzene rings is 1. The molecule has 1 atom stereocenters. The number of aromatic nitrogens is 2. The zero-order chi connectivity index (χ0) is 16.2. The Morgan fingerprint density at radius 3 is 3.04 bits per heavy atom. The van der Waals surface area contributed by atoms with Crippen molar-refractivity contribution in [2.24, 2.45) is 0 Å². The van der Waals surface area contributed by atoms with Gasteiger partial charge in [0.1, 0.15) is 11.9 Å². The first-order valence-corrected chi connectivity index (χ1v) is 7.28. The highest BCUT2D eigenvalue weighted by Crippen LogP contribution is 2.26. The summed E-state index contributed by atoms with van der Waals surface area (Å²) in [6, 6.07) is 8.19. The van der Waals surface area contributed by atoms with Crippen molar-refractivity contribution in [1.82, 2.24) is 15.3 Å². The normalized spacial score (nSPS) is 17.7. The number of morpholine rings is 1. The molecule has 0 spiro atoms. The highest BCUT2D eigenvalue weighted by atomic mass is 16.6. The molecular weight excluding hydrogens is 298 g/mol. The van der Waals surface area contributed by atoms with E-state index in [1.165, 1.54) is 12.1 Å². The maximum Gasteiger partial charge on any atom is 0.271 e. The largest absolute Gasteiger partial charge is 0.368 e. The molecule has 120 valence electrons. The van der Waals surface area contributed by atoms with E-state index >= 15 is 0 Å². The molecule has 0 saturated carbocycles. The van der Waals surface area contributed by atoms with Crippen LogP contribution in [0.15, 0.2) is 36.5 Å². The predicted octanol–water partition coefficient (Wildman–Crippen LogP) is 1.81. The van der Waals surface area contributed by atoms with Crippen LogP contribution in [0.5, 0.6) is 0 Å². The molecule has 1 N–H and O–H groups in total. The maximum absolute atomic E-state index is 10.9. The molecule has 1 saturated heterocycles. The van der Waals surface area contributed by atoms with Crippen molar-refractivity contribution in [3.63, 3.8) is 0 Å². The summed E-state index contributed by atoms with van der Waals surface area (Å²) in [4.78, 5) is 21.1. The average molecular weight is 315 g/mol. The molecule has 1 unspecified atom stereocenters. The second-order valence-electron chi connectivity index (χ2n) is 5.17. The first-order chi connectivity index (χ1) is 11.1. The number of nitro benzene ring substituents is 1. The van der Waals surface area contributed by atoms with Gasteiger partial charge in [-0.15, -0.1) is 0 Å². The summed E-state index contributed by atoms with van der Waals surface area (Å²) in [5, 5.41) is 14.2. The van der Waals surface area contributed by atoms with Crippen molar-refractivity contribution in [3.05, 3.63) is 52.5 Å². The first kappa shape index (κ1) is 15.3. The van der Waals surface area contributed by atoms with Crippen LogP contribution >= 0.6 is 0 Å². The second kappa shape index (κ2) is 6.67. The standard InChI is InChI=1S/C15H17N5O3/c1-19(11-3-2-4-12(9-11)20(21)22)14-5-6-17-15(18-14)13-10-16-7-8-23-13/h2-6,9,13,16H,7-8,10H2,1H3. The number of anilines is 2. The molecule has 3 rings (SSSR count). The van der Waals surface area contributed by atoms with Crippen LogP contribution in [0.25, 0.3) is 0 Å². The Morgan fingerprint density at radius 1 is 1.43 bits per heavy atom. The number of non-ortho nitro benzene ring substituents is 1. The fourth-order valence-electron chi connectivity index (χ4n) is 2.38. The van der Waals surface area contributed by atoms with E-state index in [9.17, 15) is 10.1 Å². The molecule has 23 heavy (non-hydrogen) atoms. The van der Waals surface area contributed by atoms with Crippen molar-refractivity contribution in [2.75, 3.05) is 31.6 Å². The zero-order valence-electron chi connectivity index (χ0n) is 12.7. The summed E-state index contributed by atoms with van der Waals surface area (Å²) in [5.41, 5.74) is 0.731. The molecule has 0 radical (unpaired) electrons. The van der Waals surface area contributed by atoms with Crippen LogP contribution in [0.2, 0.25) is 0 Å². The van der Waals surface area contributed by atoms with E-state index in [1.807, 2.05) is 7.05 Å². The van der Waals surface area contributed by atoms with Gasteiger partial charge in [0, 0.05) is 44.2 Å². The summed E-state index contributed by atoms with van der Waals surface area (Å²) in [6.07, 6.45) is 1.49. The minimum Gasteiger partial charge on any atom is -0.368 e. The maximum atomic E-state index is 10.9. The average Bonchev–Trinajstić information content (AvgIpc) is 2.62. The molecule has 8 nitrogen and oxygen atoms in total. The van der Waals surface area contributed by atoms with Gasteiger partial charge in [-0.05, 0) is 12.1 Å². The Hall–Kier alpha value is -2.58. The number of nitro groups is 1. The molecule has 0 amide bonds. The number of ether oxygens (including phenoxy) is 1. The van der Waals surface area contributed by atoms with Crippen molar-refractivity contribution in [3.8, 4) is 0 Å². The molecule has 1 aliphatic rings. The van der Waals surface area contributed by atoms with Crippen LogP contribution in [0.1, 0.15) is 11.9 Å². The molecule has 1 aliphatic heterocycles. The van der Waals surface area contributed by atoms with Crippen LogP contribution in [0.3, 0.4) is 0 Å². The Bertz CT molecular complexity index is 703. The molecule has 0 aliphatic carbocycles. The van der Waals surface area contributed by atoms with Crippen LogP contribution in [0.4, 0.5) is 17.2 Å². The Balaban J connectivity index is 1.86. The third kappa shape index (κ3) is 3.43. The fraction of sp³-hybridized carbons (Fsp3) is 0.333. The van der Waals surface area contributed by atoms with Crippen molar-refractivity contribution in [1.29, 1.82) is 0 Å². The molecule has 0 bridgehead atoms. The van der Waals surface area contributed by atoms with Gasteiger partial charge in [0.2, 0.25) is 0 Å². The molecule has 1 aromatic heterocycles. The SMILES string of the molecule is CN(c1cccc([N+](=O)[O-])c1)c1ccnc(C2CNCCO2)n1. The Morgan fingerprint density at radius 2 is 2.30 bits per heavy atom. The molecular formula is C15H17N5O3. The monoisotopic (exact) mass is 315 g/mol. The van der Waals surface area contributed by atoms with E-state index in [2.05, 4.69) is 15.3 Å². The summed E-state index contributed by atoms with van der Waals surface area (Å²) >= 11 is 0. The van der Waals surface area contributed by atoms with Gasteiger partial charge in [0.15, 0.2) is 5.82 Å². The van der Waals surface area contributed by atoms with Gasteiger partial charge in [-0.3, -0.25) is 10.1 Å². The van der Waals surface area contributed by atoms with Crippen LogP contribution < -0.4 is 10.2 Å². The third-order valence-corrected chi connectivity index (χ3v) is 3.65. The zero-order valence-corrected chi connectivity index (χ0v) is 12.7. The summed E-state index contributed by atoms with van der Waals surface area (Å²) in [7, 11) is 1.81. The van der Waals surface area contributed by atoms with E-state index in [4.69, 9.17) is 4.74 Å². The minimum absolute atomic E-state index is 0.0449. The van der Waals surface area contributed by atoms with Crippen molar-refractivity contribution in [2.45, 2.75) is 6.10 Å². The number of rotatable bonds is 4. The lowest BCUT2D eigenvalue weighted by molar-refractivity contribution is -0.384. The van der Waals surface area contributed by atoms with Crippen LogP contribution in [-0.2, 0) is 4.74 Å². The lowest BCUT2D eigenvalue weighted by Crippen LogP contribution is -2.34. The predicted molar refractivity (Wildman–Crippen MR) is 84.8 cm³/mol. The van der Waals surface area contributed by atoms with Gasteiger partial charge < -0.3 is 15.0 Å². The van der Waals surface area contributed by atoms with Gasteiger partial charge in [-0.25, -0.2) is 9.97 Å². The highest BCUT2D eigenvalue weighted by Gasteiger charge is 2.19. The quantitative estimate of drug-likeness (QED) is 0.679. The number of hydrogen-bond donors (Lipinski definition) is 1. The van der Waals surface area contributed by atoms with Gasteiger partial charge in [0.05, 0.1) is 11.5 Å². The number of hydrogen-bond acceptors (Lipinski definition) is 7. The van der Waals surface area contributed by atoms with E-state index in [-0.39, 0.29) is 11.8 Å². The van der Waals surface area contributed by atoms with Crippen molar-refractivity contribution >= 4 is 17.2 Å². The number of nitrogens with zero attached hydrogens (tertiary/aromatic N) is 4. The molecule has 8 heteroatoms. The first-order valence-electron chi connectivity index (χ1n) is 7.28. The Labute approximate surface area is 133 Å². The minimum atomic E-state index is -0.412. The molecule has 1 fully saturated rings. The summed E-state index contributed by atoms with van der Waals surface area (Å²) in [5.74, 6) is 1.26. The van der Waals surface area contributed by atoms with Crippen molar-refractivity contribution < 1.29 is 9.66 Å². The smallest absolute Gasteiger partial charge is 0.271 e. The summed E-state index contributed by atoms with van der Waals surface area (Å²) in [6.45, 7) is 2.12. The van der Waals surface area contributed by atoms with Gasteiger partial charge in [-0.2, -0.15) is 0 Å². The lowest BCUT2D eigenvalue weighted by atomic mass is 10.2. The summed E-state index contributed by atoms with van der Waals surface area (Å²) < 4.78 is 5.66. The van der Waals surface area contributed by atoms with Gasteiger partial charge in [-0.1, -0.05) is 6.07 Å². The third-order valence-electron chi connectivity index (χ3n) is 3.65. The molecule has 2 heterocycles. The van der Waals surface area contributed by atoms with E-state index < -0.39 is 4.92 Å². The van der Waals surface area contributed by atoms with E-state index in [0.717, 1.165) is 6.54 Å². The molecule has 2 aromatic rings. The number of nitrogens with one attached hydrogen (secondary N) is 1. The Kier molecular flexibility index (Phi) is 4.45. The fourth-order valence-corrected chi connectivity index (χ4v) is 2.38. The van der Waals surface area contributed by atoms with E-state index in [1.54, 1.807) is 29.3 Å². The highest BCUT2D eigenvalue weighted by molar-refractivity contribution is 5.61. The molecule has 1 aromatic carbocycles. The van der Waals surface area contributed by atoms with Gasteiger partial charge in [0.25, 0.3) is 5.69 Å². The van der Waals surface area contributed by atoms with E-state index in [0.29, 0.717) is 30.5 Å².